The molecule has 0 bridgehead atoms. The van der Waals surface area contributed by atoms with Crippen LogP contribution in [0.3, 0.4) is 0 Å². The van der Waals surface area contributed by atoms with Gasteiger partial charge in [0, 0.05) is 17.1 Å². The summed E-state index contributed by atoms with van der Waals surface area (Å²) in [5.41, 5.74) is 1.72. The Morgan fingerprint density at radius 2 is 2.17 bits per heavy atom. The second kappa shape index (κ2) is 4.52. The highest BCUT2D eigenvalue weighted by Gasteiger charge is 2.09. The number of para-hydroxylation sites is 1. The molecule has 0 saturated carbocycles. The van der Waals surface area contributed by atoms with Gasteiger partial charge in [0.25, 0.3) is 5.89 Å². The Morgan fingerprint density at radius 3 is 3.06 bits per heavy atom. The molecule has 2 N–H and O–H groups in total. The molecule has 0 atom stereocenters. The SMILES string of the molecule is NOCc1nc(-c2cnc3ccccc3c2)no1. The summed E-state index contributed by atoms with van der Waals surface area (Å²) in [6, 6.07) is 9.79. The highest BCUT2D eigenvalue weighted by Crippen LogP contribution is 2.20. The zero-order chi connectivity index (χ0) is 12.4. The maximum Gasteiger partial charge on any atom is 0.255 e. The predicted octanol–water partition coefficient (Wildman–Crippen LogP) is 1.68. The second-order valence-corrected chi connectivity index (χ2v) is 3.74. The van der Waals surface area contributed by atoms with Crippen molar-refractivity contribution in [2.24, 2.45) is 5.90 Å². The van der Waals surface area contributed by atoms with E-state index in [1.54, 1.807) is 6.20 Å². The molecular weight excluding hydrogens is 232 g/mol. The first-order chi connectivity index (χ1) is 8.86. The van der Waals surface area contributed by atoms with Crippen molar-refractivity contribution in [3.8, 4) is 11.4 Å². The Labute approximate surface area is 102 Å². The number of rotatable bonds is 3. The van der Waals surface area contributed by atoms with Gasteiger partial charge in [-0.15, -0.1) is 0 Å². The Kier molecular flexibility index (Phi) is 2.71. The van der Waals surface area contributed by atoms with E-state index < -0.39 is 0 Å². The predicted molar refractivity (Wildman–Crippen MR) is 64.0 cm³/mol. The van der Waals surface area contributed by atoms with E-state index in [0.717, 1.165) is 16.5 Å². The third-order valence-corrected chi connectivity index (χ3v) is 2.52. The van der Waals surface area contributed by atoms with Gasteiger partial charge in [-0.2, -0.15) is 4.98 Å². The first-order valence-corrected chi connectivity index (χ1v) is 5.36. The van der Waals surface area contributed by atoms with Gasteiger partial charge in [-0.05, 0) is 12.1 Å². The van der Waals surface area contributed by atoms with Crippen LogP contribution in [0, 0.1) is 0 Å². The van der Waals surface area contributed by atoms with Crippen LogP contribution in [-0.4, -0.2) is 15.1 Å². The highest BCUT2D eigenvalue weighted by atomic mass is 16.6. The number of hydrogen-bond acceptors (Lipinski definition) is 6. The fourth-order valence-corrected chi connectivity index (χ4v) is 1.70. The molecule has 1 aromatic carbocycles. The van der Waals surface area contributed by atoms with E-state index in [2.05, 4.69) is 20.0 Å². The van der Waals surface area contributed by atoms with Crippen LogP contribution in [0.4, 0.5) is 0 Å². The largest absolute Gasteiger partial charge is 0.336 e. The molecule has 0 spiro atoms. The summed E-state index contributed by atoms with van der Waals surface area (Å²) in [6.45, 7) is 0.0913. The van der Waals surface area contributed by atoms with Crippen LogP contribution in [0.1, 0.15) is 5.89 Å². The van der Waals surface area contributed by atoms with E-state index in [1.165, 1.54) is 0 Å². The molecule has 0 aliphatic heterocycles. The summed E-state index contributed by atoms with van der Waals surface area (Å²) in [4.78, 5) is 12.9. The maximum atomic E-state index is 4.98. The van der Waals surface area contributed by atoms with Crippen LogP contribution in [0.5, 0.6) is 0 Å². The molecule has 2 heterocycles. The van der Waals surface area contributed by atoms with E-state index in [1.807, 2.05) is 30.3 Å². The van der Waals surface area contributed by atoms with Gasteiger partial charge < -0.3 is 4.52 Å². The Bertz CT molecular complexity index is 680. The van der Waals surface area contributed by atoms with Gasteiger partial charge in [0.15, 0.2) is 0 Å². The van der Waals surface area contributed by atoms with E-state index in [-0.39, 0.29) is 6.61 Å². The third kappa shape index (κ3) is 1.94. The average molecular weight is 242 g/mol. The molecule has 0 aliphatic rings. The molecule has 6 heteroatoms. The monoisotopic (exact) mass is 242 g/mol. The molecule has 0 amide bonds. The topological polar surface area (TPSA) is 87.1 Å². The molecule has 2 aromatic heterocycles. The lowest BCUT2D eigenvalue weighted by Crippen LogP contribution is -1.98. The molecule has 0 radical (unpaired) electrons. The van der Waals surface area contributed by atoms with Gasteiger partial charge in [0.1, 0.15) is 6.61 Å². The average Bonchev–Trinajstić information content (AvgIpc) is 2.87. The van der Waals surface area contributed by atoms with Crippen LogP contribution in [0.15, 0.2) is 41.1 Å². The fourth-order valence-electron chi connectivity index (χ4n) is 1.70. The molecule has 90 valence electrons. The minimum Gasteiger partial charge on any atom is -0.336 e. The lowest BCUT2D eigenvalue weighted by atomic mass is 10.1. The van der Waals surface area contributed by atoms with Crippen molar-refractivity contribution in [3.05, 3.63) is 42.4 Å². The zero-order valence-electron chi connectivity index (χ0n) is 9.41. The minimum absolute atomic E-state index is 0.0913. The van der Waals surface area contributed by atoms with Crippen molar-refractivity contribution in [1.29, 1.82) is 0 Å². The fraction of sp³-hybridized carbons (Fsp3) is 0.0833. The quantitative estimate of drug-likeness (QED) is 0.703. The van der Waals surface area contributed by atoms with Gasteiger partial charge in [-0.1, -0.05) is 23.4 Å². The number of aromatic nitrogens is 3. The molecule has 0 saturated heterocycles. The second-order valence-electron chi connectivity index (χ2n) is 3.74. The van der Waals surface area contributed by atoms with Crippen molar-refractivity contribution in [1.82, 2.24) is 15.1 Å². The Balaban J connectivity index is 2.02. The van der Waals surface area contributed by atoms with Gasteiger partial charge in [0.2, 0.25) is 5.82 Å². The van der Waals surface area contributed by atoms with Crippen LogP contribution < -0.4 is 5.90 Å². The van der Waals surface area contributed by atoms with Crippen LogP contribution in [0.25, 0.3) is 22.3 Å². The standard InChI is InChI=1S/C12H10N4O2/c13-17-7-11-15-12(16-18-11)9-5-8-3-1-2-4-10(8)14-6-9/h1-6H,7,13H2. The minimum atomic E-state index is 0.0913. The first kappa shape index (κ1) is 10.8. The molecule has 18 heavy (non-hydrogen) atoms. The van der Waals surface area contributed by atoms with Crippen molar-refractivity contribution >= 4 is 10.9 Å². The van der Waals surface area contributed by atoms with Crippen molar-refractivity contribution in [3.63, 3.8) is 0 Å². The first-order valence-electron chi connectivity index (χ1n) is 5.36. The lowest BCUT2D eigenvalue weighted by Gasteiger charge is -1.98. The van der Waals surface area contributed by atoms with Crippen molar-refractivity contribution < 1.29 is 9.36 Å². The zero-order valence-corrected chi connectivity index (χ0v) is 9.41. The number of fused-ring (bicyclic) bond motifs is 1. The Morgan fingerprint density at radius 1 is 1.28 bits per heavy atom. The lowest BCUT2D eigenvalue weighted by molar-refractivity contribution is 0.0996. The Hall–Kier alpha value is -2.31. The third-order valence-electron chi connectivity index (χ3n) is 2.52. The van der Waals surface area contributed by atoms with E-state index in [9.17, 15) is 0 Å². The summed E-state index contributed by atoms with van der Waals surface area (Å²) < 4.78 is 4.98. The summed E-state index contributed by atoms with van der Waals surface area (Å²) in [5, 5.41) is 4.87. The number of nitrogens with two attached hydrogens (primary N) is 1. The maximum absolute atomic E-state index is 4.98. The molecule has 6 nitrogen and oxygen atoms in total. The molecule has 0 fully saturated rings. The van der Waals surface area contributed by atoms with E-state index >= 15 is 0 Å². The summed E-state index contributed by atoms with van der Waals surface area (Å²) in [7, 11) is 0. The number of hydrogen-bond donors (Lipinski definition) is 1. The molecular formula is C12H10N4O2. The number of benzene rings is 1. The summed E-state index contributed by atoms with van der Waals surface area (Å²) in [6.07, 6.45) is 1.71. The van der Waals surface area contributed by atoms with E-state index in [4.69, 9.17) is 10.4 Å². The van der Waals surface area contributed by atoms with E-state index in [0.29, 0.717) is 11.7 Å². The molecule has 3 aromatic rings. The summed E-state index contributed by atoms with van der Waals surface area (Å²) >= 11 is 0. The highest BCUT2D eigenvalue weighted by molar-refractivity contribution is 5.82. The van der Waals surface area contributed by atoms with Gasteiger partial charge in [-0.25, -0.2) is 5.90 Å². The van der Waals surface area contributed by atoms with Crippen LogP contribution >= 0.6 is 0 Å². The van der Waals surface area contributed by atoms with Gasteiger partial charge in [0.05, 0.1) is 5.52 Å². The van der Waals surface area contributed by atoms with Crippen molar-refractivity contribution in [2.75, 3.05) is 0 Å². The molecule has 3 rings (SSSR count). The van der Waals surface area contributed by atoms with Gasteiger partial charge in [-0.3, -0.25) is 9.82 Å². The van der Waals surface area contributed by atoms with Crippen LogP contribution in [0.2, 0.25) is 0 Å². The smallest absolute Gasteiger partial charge is 0.255 e. The van der Waals surface area contributed by atoms with Crippen LogP contribution in [-0.2, 0) is 11.4 Å². The number of nitrogens with zero attached hydrogens (tertiary/aromatic N) is 3. The number of pyridine rings is 1. The normalized spacial score (nSPS) is 10.9. The van der Waals surface area contributed by atoms with Gasteiger partial charge >= 0.3 is 0 Å². The van der Waals surface area contributed by atoms with Crippen molar-refractivity contribution in [2.45, 2.75) is 6.61 Å². The summed E-state index contributed by atoms with van der Waals surface area (Å²) in [5.74, 6) is 5.75. The molecule has 0 aliphatic carbocycles. The molecule has 0 unspecified atom stereocenters.